The van der Waals surface area contributed by atoms with Crippen LogP contribution >= 0.6 is 53.8 Å². The summed E-state index contributed by atoms with van der Waals surface area (Å²) in [5.74, 6) is -12.3. The fourth-order valence-corrected chi connectivity index (χ4v) is 4.62. The molecule has 3 N–H and O–H groups in total. The van der Waals surface area contributed by atoms with Crippen molar-refractivity contribution >= 4 is 88.8 Å². The van der Waals surface area contributed by atoms with Crippen LogP contribution in [0.5, 0.6) is 0 Å². The topological polar surface area (TPSA) is 234 Å². The van der Waals surface area contributed by atoms with Crippen molar-refractivity contribution < 1.29 is 61.4 Å². The lowest BCUT2D eigenvalue weighted by molar-refractivity contribution is -0.385. The number of imide groups is 2. The molecule has 0 aliphatic carbocycles. The summed E-state index contributed by atoms with van der Waals surface area (Å²) in [7, 11) is 0. The summed E-state index contributed by atoms with van der Waals surface area (Å²) in [4.78, 5) is 74.8. The molecule has 0 unspecified atom stereocenters. The Morgan fingerprint density at radius 1 is 0.583 bits per heavy atom. The predicted octanol–water partition coefficient (Wildman–Crippen LogP) is 7.77. The molecule has 7 rings (SSSR count). The van der Waals surface area contributed by atoms with Crippen molar-refractivity contribution in [2.24, 2.45) is 0 Å². The van der Waals surface area contributed by atoms with Gasteiger partial charge in [0.25, 0.3) is 35.0 Å². The number of aromatic nitrogens is 1. The molecule has 16 nitrogen and oxygen atoms in total. The second-order valence-corrected chi connectivity index (χ2v) is 13.3. The van der Waals surface area contributed by atoms with Gasteiger partial charge in [0.1, 0.15) is 0 Å². The number of H-pyrrole nitrogens is 1. The molecular weight excluding hydrogens is 938 g/mol. The third-order valence-corrected chi connectivity index (χ3v) is 8.37. The second-order valence-electron chi connectivity index (χ2n) is 10.9. The molecule has 4 amide bonds. The van der Waals surface area contributed by atoms with E-state index >= 15 is 0 Å². The number of aromatic amines is 1. The van der Waals surface area contributed by atoms with Crippen LogP contribution in [0.2, 0.25) is 0 Å². The minimum atomic E-state index is -2.18. The first-order chi connectivity index (χ1) is 28.1. The zero-order valence-corrected chi connectivity index (χ0v) is 33.8. The summed E-state index contributed by atoms with van der Waals surface area (Å²) in [6, 6.07) is 22.4. The minimum Gasteiger partial charge on any atom is -0.323 e. The Bertz CT molecular complexity index is 2250. The Hall–Kier alpha value is -5.99. The van der Waals surface area contributed by atoms with E-state index in [9.17, 15) is 66.2 Å². The summed E-state index contributed by atoms with van der Waals surface area (Å²) in [6.07, 6.45) is 1.35. The smallest absolute Gasteiger partial charge is 0.285 e. The highest BCUT2D eigenvalue weighted by molar-refractivity contribution is 9.10. The lowest BCUT2D eigenvalue weighted by Crippen LogP contribution is -2.25. The second kappa shape index (κ2) is 23.6. The number of non-ortho nitro benzene ring substituents is 1. The minimum absolute atomic E-state index is 0.0952. The number of nitrogens with one attached hydrogen (secondary N) is 1. The Kier molecular flexibility index (Phi) is 19.7. The molecule has 1 aromatic heterocycles. The molecule has 2 aliphatic heterocycles. The average molecular weight is 963 g/mol. The van der Waals surface area contributed by atoms with E-state index in [1.54, 1.807) is 24.3 Å². The highest BCUT2D eigenvalue weighted by Gasteiger charge is 2.34. The molecule has 0 spiro atoms. The zero-order chi connectivity index (χ0) is 45.4. The normalized spacial score (nSPS) is 12.2. The van der Waals surface area contributed by atoms with Crippen molar-refractivity contribution in [1.29, 1.82) is 0 Å². The largest absolute Gasteiger partial charge is 0.323 e. The standard InChI is InChI=1S/C8H5NO3.C6H5BrS.C6HF5S.C6H5NO2S.C5H4N2O3.C4H5NO3/c10-7-5-3-1-2-4-6(5)8(11)9(7)12;7-5-1-3-6(8)4-2-5;7-1-2(8)4(10)6(12)5(11)3(1)9;8-7(9)5-1-3-6(10)4-2-5;8-5-2-1-4(3-6-5)7(9)10;6-3-1-2-4(7)5(3)8/h1-4,12H;1-4,8H;12H;1-4,10H;1-3H,(H,6,8);8H,1-2H2. The fraction of sp³-hybridized carbons (Fsp3) is 0.0571. The van der Waals surface area contributed by atoms with Crippen molar-refractivity contribution in [3.8, 4) is 0 Å². The number of benzene rings is 4. The van der Waals surface area contributed by atoms with Crippen LogP contribution in [0.4, 0.5) is 33.3 Å². The van der Waals surface area contributed by atoms with Gasteiger partial charge in [0, 0.05) is 51.4 Å². The van der Waals surface area contributed by atoms with E-state index < -0.39 is 67.5 Å². The van der Waals surface area contributed by atoms with Crippen LogP contribution in [0.15, 0.2) is 115 Å². The zero-order valence-electron chi connectivity index (χ0n) is 29.5. The van der Waals surface area contributed by atoms with Gasteiger partial charge in [-0.25, -0.2) is 22.0 Å². The quantitative estimate of drug-likeness (QED) is 0.0146. The predicted molar refractivity (Wildman–Crippen MR) is 211 cm³/mol. The third kappa shape index (κ3) is 14.7. The van der Waals surface area contributed by atoms with Gasteiger partial charge in [-0.2, -0.15) is 5.06 Å². The Morgan fingerprint density at radius 3 is 1.30 bits per heavy atom. The van der Waals surface area contributed by atoms with E-state index in [2.05, 4.69) is 58.8 Å². The van der Waals surface area contributed by atoms with E-state index in [4.69, 9.17) is 10.4 Å². The first-order valence-corrected chi connectivity index (χ1v) is 17.8. The molecular formula is C35H25BrF5N5O11S3. The van der Waals surface area contributed by atoms with Crippen molar-refractivity contribution in [3.63, 3.8) is 0 Å². The number of nitrogens with zero attached hydrogens (tertiary/aromatic N) is 4. The summed E-state index contributed by atoms with van der Waals surface area (Å²) in [5.41, 5.74) is 0.151. The van der Waals surface area contributed by atoms with Gasteiger partial charge in [-0.15, -0.1) is 42.9 Å². The lowest BCUT2D eigenvalue weighted by Gasteiger charge is -2.01. The Labute approximate surface area is 357 Å². The number of hydrogen-bond donors (Lipinski definition) is 6. The van der Waals surface area contributed by atoms with Crippen molar-refractivity contribution in [1.82, 2.24) is 15.1 Å². The maximum absolute atomic E-state index is 12.3. The molecule has 0 radical (unpaired) electrons. The molecule has 60 heavy (non-hydrogen) atoms. The Morgan fingerprint density at radius 2 is 0.967 bits per heavy atom. The van der Waals surface area contributed by atoms with Gasteiger partial charge in [0.2, 0.25) is 11.4 Å². The summed E-state index contributed by atoms with van der Waals surface area (Å²) in [5, 5.41) is 37.7. The molecule has 3 heterocycles. The molecule has 1 saturated heterocycles. The van der Waals surface area contributed by atoms with Crippen LogP contribution in [-0.2, 0) is 9.59 Å². The van der Waals surface area contributed by atoms with Gasteiger partial charge < -0.3 is 4.98 Å². The number of hydroxylamine groups is 4. The van der Waals surface area contributed by atoms with E-state index in [0.29, 0.717) is 0 Å². The van der Waals surface area contributed by atoms with Crippen LogP contribution in [0.25, 0.3) is 0 Å². The summed E-state index contributed by atoms with van der Waals surface area (Å²) >= 11 is 14.5. The fourth-order valence-electron chi connectivity index (χ4n) is 3.87. The molecule has 0 atom stereocenters. The molecule has 2 aliphatic rings. The van der Waals surface area contributed by atoms with Crippen molar-refractivity contribution in [3.05, 3.63) is 166 Å². The monoisotopic (exact) mass is 961 g/mol. The van der Waals surface area contributed by atoms with E-state index in [1.165, 1.54) is 24.3 Å². The molecule has 25 heteroatoms. The molecule has 4 aromatic carbocycles. The van der Waals surface area contributed by atoms with Gasteiger partial charge in [-0.1, -0.05) is 28.1 Å². The Balaban J connectivity index is 0.000000250. The van der Waals surface area contributed by atoms with Crippen molar-refractivity contribution in [2.75, 3.05) is 0 Å². The number of carbonyl (C=O) groups excluding carboxylic acids is 4. The van der Waals surface area contributed by atoms with Gasteiger partial charge in [-0.3, -0.25) is 54.6 Å². The van der Waals surface area contributed by atoms with Crippen LogP contribution in [-0.4, -0.2) is 59.0 Å². The van der Waals surface area contributed by atoms with E-state index in [-0.39, 0.29) is 51.0 Å². The highest BCUT2D eigenvalue weighted by atomic mass is 79.9. The third-order valence-electron chi connectivity index (χ3n) is 6.85. The highest BCUT2D eigenvalue weighted by Crippen LogP contribution is 2.25. The van der Waals surface area contributed by atoms with Gasteiger partial charge in [0.05, 0.1) is 32.1 Å². The molecule has 1 fully saturated rings. The van der Waals surface area contributed by atoms with Crippen LogP contribution in [0, 0.1) is 49.3 Å². The number of fused-ring (bicyclic) bond motifs is 1. The molecule has 316 valence electrons. The van der Waals surface area contributed by atoms with Crippen LogP contribution < -0.4 is 5.56 Å². The molecule has 5 aromatic rings. The number of rotatable bonds is 2. The van der Waals surface area contributed by atoms with E-state index in [1.807, 2.05) is 24.3 Å². The first kappa shape index (κ1) is 50.2. The number of nitro benzene ring substituents is 1. The maximum Gasteiger partial charge on any atom is 0.285 e. The van der Waals surface area contributed by atoms with E-state index in [0.717, 1.165) is 32.6 Å². The molecule has 0 bridgehead atoms. The van der Waals surface area contributed by atoms with Gasteiger partial charge in [-0.05, 0) is 48.5 Å². The van der Waals surface area contributed by atoms with Gasteiger partial charge in [0.15, 0.2) is 23.3 Å². The van der Waals surface area contributed by atoms with Crippen molar-refractivity contribution in [2.45, 2.75) is 27.5 Å². The molecule has 0 saturated carbocycles. The summed E-state index contributed by atoms with van der Waals surface area (Å²) in [6.45, 7) is 0. The number of halogens is 6. The maximum atomic E-state index is 12.3. The SMILES string of the molecule is Fc1c(F)c(F)c(S)c(F)c1F.O=C1CCC(=O)N1O.O=C1c2ccccc2C(=O)N1O.O=[N+]([O-])c1ccc(S)cc1.O=c1ccc([N+](=O)[O-])c[nH]1.Sc1ccc(Br)cc1. The lowest BCUT2D eigenvalue weighted by atomic mass is 10.1. The van der Waals surface area contributed by atoms with Crippen LogP contribution in [0.3, 0.4) is 0 Å². The number of thiol groups is 3. The average Bonchev–Trinajstić information content (AvgIpc) is 3.65. The van der Waals surface area contributed by atoms with Gasteiger partial charge >= 0.3 is 0 Å². The number of nitro groups is 2. The number of carbonyl (C=O) groups is 4. The first-order valence-electron chi connectivity index (χ1n) is 15.7. The number of amides is 4. The number of pyridine rings is 1. The van der Waals surface area contributed by atoms with Crippen LogP contribution in [0.1, 0.15) is 33.6 Å². The number of hydrogen-bond acceptors (Lipinski definition) is 14. The summed E-state index contributed by atoms with van der Waals surface area (Å²) < 4.78 is 62.4.